The standard InChI is InChI=1S/C14H23NO7/c1-4-5-6-7-8-15-13(18)11(21-9(2)16)12(14(19)20)22-10(3)17/h11-12H,4-8H2,1-3H3,(H,15,18)(H,19,20). The van der Waals surface area contributed by atoms with Crippen molar-refractivity contribution in [3.8, 4) is 0 Å². The van der Waals surface area contributed by atoms with Gasteiger partial charge in [-0.1, -0.05) is 26.2 Å². The average molecular weight is 317 g/mol. The first-order chi connectivity index (χ1) is 10.3. The maximum atomic E-state index is 12.0. The van der Waals surface area contributed by atoms with E-state index < -0.39 is 36.0 Å². The first-order valence-electron chi connectivity index (χ1n) is 7.14. The fourth-order valence-corrected chi connectivity index (χ4v) is 1.72. The van der Waals surface area contributed by atoms with Gasteiger partial charge in [-0.05, 0) is 6.42 Å². The van der Waals surface area contributed by atoms with Crippen LogP contribution in [-0.2, 0) is 28.7 Å². The third kappa shape index (κ3) is 8.23. The number of nitrogens with one attached hydrogen (secondary N) is 1. The summed E-state index contributed by atoms with van der Waals surface area (Å²) in [5.74, 6) is -4.10. The number of aliphatic carboxylic acids is 1. The van der Waals surface area contributed by atoms with Gasteiger partial charge in [0.1, 0.15) is 0 Å². The van der Waals surface area contributed by atoms with Crippen LogP contribution in [0.1, 0.15) is 46.5 Å². The van der Waals surface area contributed by atoms with Crippen molar-refractivity contribution >= 4 is 23.8 Å². The minimum Gasteiger partial charge on any atom is -0.478 e. The van der Waals surface area contributed by atoms with E-state index in [4.69, 9.17) is 9.84 Å². The number of carboxylic acids is 1. The van der Waals surface area contributed by atoms with E-state index >= 15 is 0 Å². The summed E-state index contributed by atoms with van der Waals surface area (Å²) in [4.78, 5) is 45.1. The van der Waals surface area contributed by atoms with Gasteiger partial charge < -0.3 is 19.9 Å². The molecule has 8 heteroatoms. The molecule has 0 rings (SSSR count). The van der Waals surface area contributed by atoms with Gasteiger partial charge in [0, 0.05) is 20.4 Å². The topological polar surface area (TPSA) is 119 Å². The van der Waals surface area contributed by atoms with E-state index in [1.165, 1.54) is 0 Å². The Labute approximate surface area is 129 Å². The Balaban J connectivity index is 4.77. The SMILES string of the molecule is CCCCCCNC(=O)C(OC(C)=O)C(OC(C)=O)C(=O)O. The molecule has 0 saturated carbocycles. The summed E-state index contributed by atoms with van der Waals surface area (Å²) < 4.78 is 9.27. The summed E-state index contributed by atoms with van der Waals surface area (Å²) in [7, 11) is 0. The van der Waals surface area contributed by atoms with Crippen LogP contribution in [0.5, 0.6) is 0 Å². The monoisotopic (exact) mass is 317 g/mol. The highest BCUT2D eigenvalue weighted by molar-refractivity contribution is 5.90. The molecular weight excluding hydrogens is 294 g/mol. The fraction of sp³-hybridized carbons (Fsp3) is 0.714. The van der Waals surface area contributed by atoms with Gasteiger partial charge in [0.2, 0.25) is 12.2 Å². The molecule has 126 valence electrons. The lowest BCUT2D eigenvalue weighted by Crippen LogP contribution is -2.50. The summed E-state index contributed by atoms with van der Waals surface area (Å²) in [5.41, 5.74) is 0. The largest absolute Gasteiger partial charge is 0.478 e. The molecule has 1 amide bonds. The van der Waals surface area contributed by atoms with Gasteiger partial charge in [-0.3, -0.25) is 14.4 Å². The molecule has 8 nitrogen and oxygen atoms in total. The van der Waals surface area contributed by atoms with E-state index in [0.29, 0.717) is 6.54 Å². The molecule has 0 aromatic rings. The van der Waals surface area contributed by atoms with Crippen molar-refractivity contribution in [1.29, 1.82) is 0 Å². The number of ether oxygens (including phenoxy) is 2. The number of carbonyl (C=O) groups excluding carboxylic acids is 3. The summed E-state index contributed by atoms with van der Waals surface area (Å²) in [5, 5.41) is 11.5. The van der Waals surface area contributed by atoms with E-state index in [-0.39, 0.29) is 0 Å². The van der Waals surface area contributed by atoms with Gasteiger partial charge in [-0.2, -0.15) is 0 Å². The molecule has 0 aliphatic carbocycles. The number of hydrogen-bond donors (Lipinski definition) is 2. The maximum absolute atomic E-state index is 12.0. The third-order valence-electron chi connectivity index (χ3n) is 2.69. The van der Waals surface area contributed by atoms with Crippen LogP contribution in [0.3, 0.4) is 0 Å². The zero-order valence-electron chi connectivity index (χ0n) is 13.1. The van der Waals surface area contributed by atoms with Crippen LogP contribution in [0.15, 0.2) is 0 Å². The molecule has 0 aromatic carbocycles. The third-order valence-corrected chi connectivity index (χ3v) is 2.69. The number of esters is 2. The van der Waals surface area contributed by atoms with Crippen molar-refractivity contribution < 1.29 is 33.8 Å². The minimum absolute atomic E-state index is 0.322. The lowest BCUT2D eigenvalue weighted by atomic mass is 10.1. The Morgan fingerprint density at radius 3 is 1.95 bits per heavy atom. The summed E-state index contributed by atoms with van der Waals surface area (Å²) in [6.45, 7) is 4.41. The van der Waals surface area contributed by atoms with Crippen LogP contribution in [0.2, 0.25) is 0 Å². The Hall–Kier alpha value is -2.12. The Bertz CT molecular complexity index is 408. The van der Waals surface area contributed by atoms with Crippen molar-refractivity contribution in [2.45, 2.75) is 58.7 Å². The number of carboxylic acid groups (broad SMARTS) is 1. The van der Waals surface area contributed by atoms with E-state index in [1.807, 2.05) is 6.92 Å². The fourth-order valence-electron chi connectivity index (χ4n) is 1.72. The van der Waals surface area contributed by atoms with Crippen LogP contribution in [0.4, 0.5) is 0 Å². The van der Waals surface area contributed by atoms with Gasteiger partial charge in [-0.15, -0.1) is 0 Å². The van der Waals surface area contributed by atoms with Crippen LogP contribution in [0, 0.1) is 0 Å². The predicted octanol–water partition coefficient (Wildman–Crippen LogP) is 0.631. The average Bonchev–Trinajstić information content (AvgIpc) is 2.41. The summed E-state index contributed by atoms with van der Waals surface area (Å²) in [6, 6.07) is 0. The van der Waals surface area contributed by atoms with Gasteiger partial charge in [-0.25, -0.2) is 4.79 Å². The quantitative estimate of drug-likeness (QED) is 0.448. The van der Waals surface area contributed by atoms with Crippen LogP contribution in [0.25, 0.3) is 0 Å². The number of amides is 1. The molecule has 2 N–H and O–H groups in total. The molecule has 22 heavy (non-hydrogen) atoms. The lowest BCUT2D eigenvalue weighted by Gasteiger charge is -2.22. The van der Waals surface area contributed by atoms with E-state index in [0.717, 1.165) is 39.5 Å². The lowest BCUT2D eigenvalue weighted by molar-refractivity contribution is -0.180. The summed E-state index contributed by atoms with van der Waals surface area (Å²) >= 11 is 0. The molecule has 0 spiro atoms. The van der Waals surface area contributed by atoms with Gasteiger partial charge in [0.25, 0.3) is 5.91 Å². The Kier molecular flexibility index (Phi) is 9.56. The highest BCUT2D eigenvalue weighted by Gasteiger charge is 2.39. The van der Waals surface area contributed by atoms with Crippen molar-refractivity contribution in [2.75, 3.05) is 6.54 Å². The Morgan fingerprint density at radius 1 is 0.955 bits per heavy atom. The number of carbonyl (C=O) groups is 4. The van der Waals surface area contributed by atoms with Crippen molar-refractivity contribution in [1.82, 2.24) is 5.32 Å². The molecule has 0 aliphatic heterocycles. The molecule has 0 heterocycles. The van der Waals surface area contributed by atoms with Crippen LogP contribution < -0.4 is 5.32 Å². The number of rotatable bonds is 10. The van der Waals surface area contributed by atoms with Gasteiger partial charge >= 0.3 is 17.9 Å². The molecule has 0 aliphatic rings. The molecule has 0 saturated heterocycles. The molecule has 2 atom stereocenters. The van der Waals surface area contributed by atoms with Gasteiger partial charge in [0.15, 0.2) is 0 Å². The zero-order chi connectivity index (χ0) is 17.1. The van der Waals surface area contributed by atoms with E-state index in [2.05, 4.69) is 10.1 Å². The maximum Gasteiger partial charge on any atom is 0.349 e. The smallest absolute Gasteiger partial charge is 0.349 e. The summed E-state index contributed by atoms with van der Waals surface area (Å²) in [6.07, 6.45) is 0.104. The zero-order valence-corrected chi connectivity index (χ0v) is 13.1. The highest BCUT2D eigenvalue weighted by Crippen LogP contribution is 2.08. The van der Waals surface area contributed by atoms with Crippen molar-refractivity contribution in [3.05, 3.63) is 0 Å². The van der Waals surface area contributed by atoms with Crippen molar-refractivity contribution in [3.63, 3.8) is 0 Å². The molecular formula is C14H23NO7. The van der Waals surface area contributed by atoms with E-state index in [9.17, 15) is 19.2 Å². The van der Waals surface area contributed by atoms with Crippen LogP contribution >= 0.6 is 0 Å². The molecule has 0 aromatic heterocycles. The number of hydrogen-bond acceptors (Lipinski definition) is 6. The van der Waals surface area contributed by atoms with E-state index in [1.54, 1.807) is 0 Å². The van der Waals surface area contributed by atoms with Crippen molar-refractivity contribution in [2.24, 2.45) is 0 Å². The van der Waals surface area contributed by atoms with Gasteiger partial charge in [0.05, 0.1) is 0 Å². The first-order valence-corrected chi connectivity index (χ1v) is 7.14. The second-order valence-corrected chi connectivity index (χ2v) is 4.75. The molecule has 2 unspecified atom stereocenters. The predicted molar refractivity (Wildman–Crippen MR) is 75.9 cm³/mol. The Morgan fingerprint density at radius 2 is 1.50 bits per heavy atom. The molecule has 0 fully saturated rings. The number of unbranched alkanes of at least 4 members (excludes halogenated alkanes) is 3. The minimum atomic E-state index is -1.88. The second kappa shape index (κ2) is 10.6. The highest BCUT2D eigenvalue weighted by atomic mass is 16.6. The first kappa shape index (κ1) is 19.9. The second-order valence-electron chi connectivity index (χ2n) is 4.75. The molecule has 0 radical (unpaired) electrons. The normalized spacial score (nSPS) is 12.9. The molecule has 0 bridgehead atoms. The van der Waals surface area contributed by atoms with Crippen LogP contribution in [-0.4, -0.2) is 47.7 Å².